The van der Waals surface area contributed by atoms with Gasteiger partial charge in [0.2, 0.25) is 0 Å². The van der Waals surface area contributed by atoms with Gasteiger partial charge in [-0.05, 0) is 30.7 Å². The Kier molecular flexibility index (Phi) is 3.11. The number of hydrogen-bond acceptors (Lipinski definition) is 3. The summed E-state index contributed by atoms with van der Waals surface area (Å²) in [7, 11) is 0. The van der Waals surface area contributed by atoms with Crippen molar-refractivity contribution in [3.05, 3.63) is 60.0 Å². The minimum Gasteiger partial charge on any atom is -0.338 e. The molecule has 5 heteroatoms. The van der Waals surface area contributed by atoms with Gasteiger partial charge >= 0.3 is 0 Å². The van der Waals surface area contributed by atoms with Crippen LogP contribution in [0.2, 0.25) is 0 Å². The molecule has 1 aliphatic rings. The predicted octanol–water partition coefficient (Wildman–Crippen LogP) is 2.59. The zero-order chi connectivity index (χ0) is 14.9. The van der Waals surface area contributed by atoms with Crippen LogP contribution in [0, 0.1) is 0 Å². The van der Waals surface area contributed by atoms with Crippen molar-refractivity contribution in [3.63, 3.8) is 0 Å². The van der Waals surface area contributed by atoms with Crippen molar-refractivity contribution in [3.8, 4) is 0 Å². The van der Waals surface area contributed by atoms with Gasteiger partial charge in [0.05, 0.1) is 5.52 Å². The first-order valence-corrected chi connectivity index (χ1v) is 7.45. The van der Waals surface area contributed by atoms with Crippen LogP contribution >= 0.6 is 0 Å². The number of H-pyrrole nitrogens is 1. The second kappa shape index (κ2) is 5.26. The standard InChI is InChI=1S/C17H16N4O/c22-17(14-3-1-5-16-13(14)4-2-8-18-16)21-10-7-12(11-21)15-6-9-19-20-15/h1-6,8-9,12H,7,10-11H2,(H,19,20). The van der Waals surface area contributed by atoms with Crippen molar-refractivity contribution in [2.45, 2.75) is 12.3 Å². The van der Waals surface area contributed by atoms with Crippen molar-refractivity contribution in [2.75, 3.05) is 13.1 Å². The van der Waals surface area contributed by atoms with E-state index in [1.807, 2.05) is 41.3 Å². The van der Waals surface area contributed by atoms with Crippen molar-refractivity contribution >= 4 is 16.8 Å². The molecule has 22 heavy (non-hydrogen) atoms. The molecule has 1 saturated heterocycles. The summed E-state index contributed by atoms with van der Waals surface area (Å²) >= 11 is 0. The molecule has 1 N–H and O–H groups in total. The Labute approximate surface area is 128 Å². The summed E-state index contributed by atoms with van der Waals surface area (Å²) in [6.45, 7) is 1.51. The van der Waals surface area contributed by atoms with Gasteiger partial charge in [0.15, 0.2) is 0 Å². The third-order valence-electron chi connectivity index (χ3n) is 4.31. The van der Waals surface area contributed by atoms with Gasteiger partial charge in [0, 0.05) is 48.0 Å². The van der Waals surface area contributed by atoms with E-state index in [1.165, 1.54) is 0 Å². The van der Waals surface area contributed by atoms with Crippen LogP contribution in [-0.2, 0) is 0 Å². The van der Waals surface area contributed by atoms with E-state index in [9.17, 15) is 4.79 Å². The molecular formula is C17H16N4O. The molecule has 1 aromatic carbocycles. The predicted molar refractivity (Wildman–Crippen MR) is 83.6 cm³/mol. The Bertz CT molecular complexity index is 807. The smallest absolute Gasteiger partial charge is 0.254 e. The Morgan fingerprint density at radius 3 is 3.00 bits per heavy atom. The number of fused-ring (bicyclic) bond motifs is 1. The molecule has 2 aromatic heterocycles. The number of likely N-dealkylation sites (tertiary alicyclic amines) is 1. The van der Waals surface area contributed by atoms with Crippen molar-refractivity contribution < 1.29 is 4.79 Å². The number of carbonyl (C=O) groups excluding carboxylic acids is 1. The molecule has 0 radical (unpaired) electrons. The number of rotatable bonds is 2. The highest BCUT2D eigenvalue weighted by atomic mass is 16.2. The Morgan fingerprint density at radius 1 is 1.18 bits per heavy atom. The molecule has 3 aromatic rings. The largest absolute Gasteiger partial charge is 0.338 e. The van der Waals surface area contributed by atoms with Crippen LogP contribution in [0.5, 0.6) is 0 Å². The SMILES string of the molecule is O=C(c1cccc2ncccc12)N1CCC(c2ccn[nH]2)C1. The van der Waals surface area contributed by atoms with Gasteiger partial charge in [0.1, 0.15) is 0 Å². The van der Waals surface area contributed by atoms with E-state index in [-0.39, 0.29) is 5.91 Å². The third-order valence-corrected chi connectivity index (χ3v) is 4.31. The highest BCUT2D eigenvalue weighted by Crippen LogP contribution is 2.28. The van der Waals surface area contributed by atoms with E-state index in [1.54, 1.807) is 12.4 Å². The Balaban J connectivity index is 1.62. The van der Waals surface area contributed by atoms with Crippen molar-refractivity contribution in [1.82, 2.24) is 20.1 Å². The van der Waals surface area contributed by atoms with Gasteiger partial charge < -0.3 is 4.90 Å². The van der Waals surface area contributed by atoms with Gasteiger partial charge in [-0.25, -0.2) is 0 Å². The first kappa shape index (κ1) is 13.0. The van der Waals surface area contributed by atoms with Crippen LogP contribution in [0.3, 0.4) is 0 Å². The number of nitrogens with one attached hydrogen (secondary N) is 1. The Morgan fingerprint density at radius 2 is 2.14 bits per heavy atom. The van der Waals surface area contributed by atoms with E-state index in [0.717, 1.165) is 41.7 Å². The highest BCUT2D eigenvalue weighted by molar-refractivity contribution is 6.06. The zero-order valence-corrected chi connectivity index (χ0v) is 12.1. The van der Waals surface area contributed by atoms with Gasteiger partial charge in [0.25, 0.3) is 5.91 Å². The lowest BCUT2D eigenvalue weighted by molar-refractivity contribution is 0.0792. The third kappa shape index (κ3) is 2.15. The lowest BCUT2D eigenvalue weighted by Gasteiger charge is -2.17. The number of aromatic nitrogens is 3. The molecule has 1 amide bonds. The maximum atomic E-state index is 12.8. The number of carbonyl (C=O) groups is 1. The monoisotopic (exact) mass is 292 g/mol. The summed E-state index contributed by atoms with van der Waals surface area (Å²) < 4.78 is 0. The minimum absolute atomic E-state index is 0.0839. The molecular weight excluding hydrogens is 276 g/mol. The van der Waals surface area contributed by atoms with Crippen LogP contribution in [-0.4, -0.2) is 39.1 Å². The summed E-state index contributed by atoms with van der Waals surface area (Å²) in [6, 6.07) is 11.5. The second-order valence-electron chi connectivity index (χ2n) is 5.62. The van der Waals surface area contributed by atoms with Gasteiger partial charge in [-0.2, -0.15) is 5.10 Å². The fraction of sp³-hybridized carbons (Fsp3) is 0.235. The van der Waals surface area contributed by atoms with Crippen molar-refractivity contribution in [2.24, 2.45) is 0 Å². The molecule has 1 atom stereocenters. The Hall–Kier alpha value is -2.69. The molecule has 110 valence electrons. The lowest BCUT2D eigenvalue weighted by atomic mass is 10.1. The summed E-state index contributed by atoms with van der Waals surface area (Å²) in [5.74, 6) is 0.431. The number of amides is 1. The fourth-order valence-electron chi connectivity index (χ4n) is 3.15. The van der Waals surface area contributed by atoms with E-state index >= 15 is 0 Å². The normalized spacial score (nSPS) is 18.0. The van der Waals surface area contributed by atoms with Gasteiger partial charge in [-0.1, -0.05) is 12.1 Å². The van der Waals surface area contributed by atoms with Crippen LogP contribution in [0.15, 0.2) is 48.8 Å². The molecule has 0 saturated carbocycles. The number of benzene rings is 1. The molecule has 1 aliphatic heterocycles. The quantitative estimate of drug-likeness (QED) is 0.789. The molecule has 3 heterocycles. The molecule has 0 aliphatic carbocycles. The number of aromatic amines is 1. The van der Waals surface area contributed by atoms with Gasteiger partial charge in [-0.3, -0.25) is 14.9 Å². The topological polar surface area (TPSA) is 61.9 Å². The minimum atomic E-state index is 0.0839. The van der Waals surface area contributed by atoms with Crippen LogP contribution in [0.1, 0.15) is 28.4 Å². The second-order valence-corrected chi connectivity index (χ2v) is 5.62. The molecule has 4 rings (SSSR count). The molecule has 0 bridgehead atoms. The first-order chi connectivity index (χ1) is 10.8. The summed E-state index contributed by atoms with van der Waals surface area (Å²) in [5.41, 5.74) is 2.70. The van der Waals surface area contributed by atoms with Crippen LogP contribution in [0.4, 0.5) is 0 Å². The fourth-order valence-corrected chi connectivity index (χ4v) is 3.15. The maximum Gasteiger partial charge on any atom is 0.254 e. The number of pyridine rings is 1. The van der Waals surface area contributed by atoms with Gasteiger partial charge in [-0.15, -0.1) is 0 Å². The van der Waals surface area contributed by atoms with Crippen LogP contribution < -0.4 is 0 Å². The molecule has 1 unspecified atom stereocenters. The number of nitrogens with zero attached hydrogens (tertiary/aromatic N) is 3. The van der Waals surface area contributed by atoms with Crippen LogP contribution in [0.25, 0.3) is 10.9 Å². The number of hydrogen-bond donors (Lipinski definition) is 1. The highest BCUT2D eigenvalue weighted by Gasteiger charge is 2.29. The van der Waals surface area contributed by atoms with E-state index < -0.39 is 0 Å². The average Bonchev–Trinajstić information content (AvgIpc) is 3.24. The van der Waals surface area contributed by atoms with E-state index in [2.05, 4.69) is 15.2 Å². The summed E-state index contributed by atoms with van der Waals surface area (Å²) in [5, 5.41) is 7.93. The zero-order valence-electron chi connectivity index (χ0n) is 12.1. The average molecular weight is 292 g/mol. The summed E-state index contributed by atoms with van der Waals surface area (Å²) in [4.78, 5) is 19.1. The molecule has 5 nitrogen and oxygen atoms in total. The summed E-state index contributed by atoms with van der Waals surface area (Å²) in [6.07, 6.45) is 4.48. The maximum absolute atomic E-state index is 12.8. The van der Waals surface area contributed by atoms with E-state index in [4.69, 9.17) is 0 Å². The molecule has 1 fully saturated rings. The van der Waals surface area contributed by atoms with Crippen molar-refractivity contribution in [1.29, 1.82) is 0 Å². The molecule has 0 spiro atoms. The first-order valence-electron chi connectivity index (χ1n) is 7.45. The van der Waals surface area contributed by atoms with E-state index in [0.29, 0.717) is 5.92 Å². The lowest BCUT2D eigenvalue weighted by Crippen LogP contribution is -2.28.